The second kappa shape index (κ2) is 5.01. The summed E-state index contributed by atoms with van der Waals surface area (Å²) in [7, 11) is 0. The fourth-order valence-electron chi connectivity index (χ4n) is 2.25. The second-order valence-electron chi connectivity index (χ2n) is 5.12. The lowest BCUT2D eigenvalue weighted by molar-refractivity contribution is 0.432. The standard InChI is InChI=1S/C16H16N4O/c1-9-4-5-18-8-14(9)15-19-16(21-20-15)13-7-12(17)6-10(2)11(13)3/h4-8H,17H2,1-3H3. The highest BCUT2D eigenvalue weighted by atomic mass is 16.5. The van der Waals surface area contributed by atoms with Crippen LogP contribution in [0.3, 0.4) is 0 Å². The van der Waals surface area contributed by atoms with Crippen LogP contribution in [0.4, 0.5) is 5.69 Å². The van der Waals surface area contributed by atoms with Gasteiger partial charge in [0.1, 0.15) is 0 Å². The fraction of sp³-hybridized carbons (Fsp3) is 0.188. The van der Waals surface area contributed by atoms with Crippen molar-refractivity contribution in [2.45, 2.75) is 20.8 Å². The molecule has 5 nitrogen and oxygen atoms in total. The third-order valence-corrected chi connectivity index (χ3v) is 3.63. The van der Waals surface area contributed by atoms with E-state index in [1.807, 2.05) is 39.0 Å². The van der Waals surface area contributed by atoms with Crippen LogP contribution in [0, 0.1) is 20.8 Å². The molecule has 0 saturated heterocycles. The zero-order chi connectivity index (χ0) is 15.0. The van der Waals surface area contributed by atoms with E-state index in [2.05, 4.69) is 15.1 Å². The first-order valence-corrected chi connectivity index (χ1v) is 6.68. The number of benzene rings is 1. The SMILES string of the molecule is Cc1ccncc1-c1noc(-c2cc(N)cc(C)c2C)n1. The van der Waals surface area contributed by atoms with Crippen molar-refractivity contribution in [3.63, 3.8) is 0 Å². The lowest BCUT2D eigenvalue weighted by atomic mass is 10.0. The molecular formula is C16H16N4O. The monoisotopic (exact) mass is 280 g/mol. The minimum absolute atomic E-state index is 0.473. The molecule has 0 amide bonds. The first-order valence-electron chi connectivity index (χ1n) is 6.68. The molecule has 5 heteroatoms. The number of hydrogen-bond acceptors (Lipinski definition) is 5. The van der Waals surface area contributed by atoms with Crippen LogP contribution in [0.1, 0.15) is 16.7 Å². The highest BCUT2D eigenvalue weighted by Crippen LogP contribution is 2.29. The fourth-order valence-corrected chi connectivity index (χ4v) is 2.25. The molecule has 0 aliphatic rings. The summed E-state index contributed by atoms with van der Waals surface area (Å²) < 4.78 is 5.41. The van der Waals surface area contributed by atoms with Crippen LogP contribution in [0.15, 0.2) is 35.1 Å². The molecule has 0 spiro atoms. The van der Waals surface area contributed by atoms with Crippen LogP contribution in [0.2, 0.25) is 0 Å². The van der Waals surface area contributed by atoms with Gasteiger partial charge in [-0.3, -0.25) is 4.98 Å². The number of aryl methyl sites for hydroxylation is 2. The molecule has 3 aromatic rings. The summed E-state index contributed by atoms with van der Waals surface area (Å²) in [6.07, 6.45) is 3.48. The van der Waals surface area contributed by atoms with Crippen LogP contribution < -0.4 is 5.73 Å². The van der Waals surface area contributed by atoms with Crippen LogP contribution in [0.25, 0.3) is 22.8 Å². The normalized spacial score (nSPS) is 10.8. The molecule has 2 heterocycles. The van der Waals surface area contributed by atoms with E-state index >= 15 is 0 Å². The van der Waals surface area contributed by atoms with Gasteiger partial charge in [-0.25, -0.2) is 0 Å². The van der Waals surface area contributed by atoms with Crippen LogP contribution in [-0.2, 0) is 0 Å². The Balaban J connectivity index is 2.09. The van der Waals surface area contributed by atoms with E-state index in [9.17, 15) is 0 Å². The summed E-state index contributed by atoms with van der Waals surface area (Å²) in [6, 6.07) is 5.71. The van der Waals surface area contributed by atoms with E-state index in [0.29, 0.717) is 17.4 Å². The summed E-state index contributed by atoms with van der Waals surface area (Å²) in [5.41, 5.74) is 11.6. The molecule has 0 saturated carbocycles. The molecule has 106 valence electrons. The highest BCUT2D eigenvalue weighted by molar-refractivity contribution is 5.68. The number of rotatable bonds is 2. The predicted octanol–water partition coefficient (Wildman–Crippen LogP) is 3.31. The van der Waals surface area contributed by atoms with Crippen LogP contribution in [0.5, 0.6) is 0 Å². The molecule has 0 bridgehead atoms. The molecule has 21 heavy (non-hydrogen) atoms. The van der Waals surface area contributed by atoms with Crippen molar-refractivity contribution in [1.29, 1.82) is 0 Å². The number of nitrogens with zero attached hydrogens (tertiary/aromatic N) is 3. The van der Waals surface area contributed by atoms with Gasteiger partial charge in [-0.2, -0.15) is 4.98 Å². The Bertz CT molecular complexity index is 808. The summed E-state index contributed by atoms with van der Waals surface area (Å²) in [4.78, 5) is 8.59. The molecule has 3 rings (SSSR count). The van der Waals surface area contributed by atoms with Gasteiger partial charge in [0.15, 0.2) is 0 Å². The molecular weight excluding hydrogens is 264 g/mol. The van der Waals surface area contributed by atoms with Gasteiger partial charge in [0.05, 0.1) is 0 Å². The van der Waals surface area contributed by atoms with E-state index in [1.165, 1.54) is 0 Å². The van der Waals surface area contributed by atoms with E-state index in [4.69, 9.17) is 10.3 Å². The van der Waals surface area contributed by atoms with Gasteiger partial charge in [-0.05, 0) is 55.7 Å². The third-order valence-electron chi connectivity index (χ3n) is 3.63. The predicted molar refractivity (Wildman–Crippen MR) is 81.6 cm³/mol. The Hall–Kier alpha value is -2.69. The summed E-state index contributed by atoms with van der Waals surface area (Å²) in [5.74, 6) is 1.01. The summed E-state index contributed by atoms with van der Waals surface area (Å²) in [6.45, 7) is 6.02. The summed E-state index contributed by atoms with van der Waals surface area (Å²) >= 11 is 0. The van der Waals surface area contributed by atoms with Gasteiger partial charge in [0.25, 0.3) is 5.89 Å². The maximum Gasteiger partial charge on any atom is 0.258 e. The number of pyridine rings is 1. The summed E-state index contributed by atoms with van der Waals surface area (Å²) in [5, 5.41) is 4.06. The molecule has 0 fully saturated rings. The van der Waals surface area contributed by atoms with Crippen LogP contribution >= 0.6 is 0 Å². The maximum atomic E-state index is 5.91. The average Bonchev–Trinajstić information content (AvgIpc) is 2.92. The quantitative estimate of drug-likeness (QED) is 0.729. The van der Waals surface area contributed by atoms with Gasteiger partial charge >= 0.3 is 0 Å². The molecule has 0 radical (unpaired) electrons. The number of anilines is 1. The van der Waals surface area contributed by atoms with Crippen molar-refractivity contribution in [2.75, 3.05) is 5.73 Å². The Morgan fingerprint density at radius 2 is 1.86 bits per heavy atom. The molecule has 0 aliphatic carbocycles. The minimum atomic E-state index is 0.473. The van der Waals surface area contributed by atoms with Crippen molar-refractivity contribution in [2.24, 2.45) is 0 Å². The number of aromatic nitrogens is 3. The first-order chi connectivity index (χ1) is 10.1. The Kier molecular flexibility index (Phi) is 3.17. The van der Waals surface area contributed by atoms with Crippen molar-refractivity contribution in [3.05, 3.63) is 47.3 Å². The Morgan fingerprint density at radius 1 is 1.05 bits per heavy atom. The van der Waals surface area contributed by atoms with E-state index in [0.717, 1.165) is 27.8 Å². The van der Waals surface area contributed by atoms with Crippen molar-refractivity contribution < 1.29 is 4.52 Å². The largest absolute Gasteiger partial charge is 0.399 e. The van der Waals surface area contributed by atoms with E-state index in [-0.39, 0.29) is 0 Å². The lowest BCUT2D eigenvalue weighted by Crippen LogP contribution is -1.93. The van der Waals surface area contributed by atoms with Gasteiger partial charge in [-0.15, -0.1) is 0 Å². The van der Waals surface area contributed by atoms with Gasteiger partial charge in [0.2, 0.25) is 5.82 Å². The van der Waals surface area contributed by atoms with Crippen molar-refractivity contribution in [1.82, 2.24) is 15.1 Å². The van der Waals surface area contributed by atoms with Crippen LogP contribution in [-0.4, -0.2) is 15.1 Å². The Labute approximate surface area is 122 Å². The topological polar surface area (TPSA) is 77.8 Å². The molecule has 0 atom stereocenters. The van der Waals surface area contributed by atoms with E-state index in [1.54, 1.807) is 12.4 Å². The van der Waals surface area contributed by atoms with Crippen molar-refractivity contribution in [3.8, 4) is 22.8 Å². The highest BCUT2D eigenvalue weighted by Gasteiger charge is 2.15. The maximum absolute atomic E-state index is 5.91. The van der Waals surface area contributed by atoms with E-state index < -0.39 is 0 Å². The smallest absolute Gasteiger partial charge is 0.258 e. The number of hydrogen-bond donors (Lipinski definition) is 1. The average molecular weight is 280 g/mol. The molecule has 0 aliphatic heterocycles. The van der Waals surface area contributed by atoms with Gasteiger partial charge in [-0.1, -0.05) is 5.16 Å². The second-order valence-corrected chi connectivity index (χ2v) is 5.12. The zero-order valence-corrected chi connectivity index (χ0v) is 12.2. The molecule has 2 N–H and O–H groups in total. The third kappa shape index (κ3) is 2.38. The van der Waals surface area contributed by atoms with Gasteiger partial charge in [0, 0.05) is 29.2 Å². The lowest BCUT2D eigenvalue weighted by Gasteiger charge is -2.06. The van der Waals surface area contributed by atoms with Crippen molar-refractivity contribution >= 4 is 5.69 Å². The molecule has 2 aromatic heterocycles. The molecule has 0 unspecified atom stereocenters. The van der Waals surface area contributed by atoms with Gasteiger partial charge < -0.3 is 10.3 Å². The number of nitrogen functional groups attached to an aromatic ring is 1. The Morgan fingerprint density at radius 3 is 2.62 bits per heavy atom. The number of nitrogens with two attached hydrogens (primary N) is 1. The minimum Gasteiger partial charge on any atom is -0.399 e. The first kappa shape index (κ1) is 13.3. The molecule has 1 aromatic carbocycles. The zero-order valence-electron chi connectivity index (χ0n) is 12.2.